The summed E-state index contributed by atoms with van der Waals surface area (Å²) in [6.07, 6.45) is 4.61. The maximum atomic E-state index is 13.5. The molecule has 3 aliphatic rings. The molecule has 0 saturated carbocycles. The quantitative estimate of drug-likeness (QED) is 0.707. The molecule has 0 aliphatic carbocycles. The van der Waals surface area contributed by atoms with Crippen LogP contribution in [0.15, 0.2) is 39.9 Å². The second kappa shape index (κ2) is 9.31. The number of ether oxygens (including phenoxy) is 2. The molecule has 0 bridgehead atoms. The highest BCUT2D eigenvalue weighted by Gasteiger charge is 2.41. The van der Waals surface area contributed by atoms with Gasteiger partial charge in [-0.25, -0.2) is 4.79 Å². The van der Waals surface area contributed by atoms with Crippen molar-refractivity contribution in [1.29, 1.82) is 0 Å². The fraction of sp³-hybridized carbons (Fsp3) is 0.500. The van der Waals surface area contributed by atoms with Gasteiger partial charge in [-0.3, -0.25) is 9.79 Å². The number of benzene rings is 1. The van der Waals surface area contributed by atoms with Crippen molar-refractivity contribution in [3.8, 4) is 0 Å². The fourth-order valence-electron chi connectivity index (χ4n) is 4.43. The Morgan fingerprint density at radius 3 is 2.80 bits per heavy atom. The Hall–Kier alpha value is -2.19. The second-order valence-corrected chi connectivity index (χ2v) is 8.80. The largest absolute Gasteiger partial charge is 0.453 e. The number of alkyl carbamates (subject to hydrolysis) is 1. The Bertz CT molecular complexity index is 862. The summed E-state index contributed by atoms with van der Waals surface area (Å²) < 4.78 is 11.3. The number of rotatable bonds is 5. The molecule has 4 rings (SSSR count). The van der Waals surface area contributed by atoms with Crippen LogP contribution in [0.1, 0.15) is 31.2 Å². The van der Waals surface area contributed by atoms with Gasteiger partial charge in [0.25, 0.3) is 0 Å². The second-order valence-electron chi connectivity index (χ2n) is 7.89. The van der Waals surface area contributed by atoms with Crippen molar-refractivity contribution in [2.45, 2.75) is 37.8 Å². The van der Waals surface area contributed by atoms with E-state index in [0.717, 1.165) is 47.0 Å². The lowest BCUT2D eigenvalue weighted by molar-refractivity contribution is -0.134. The van der Waals surface area contributed by atoms with E-state index in [0.29, 0.717) is 19.8 Å². The molecule has 1 aromatic rings. The first-order chi connectivity index (χ1) is 14.6. The first-order valence-electron chi connectivity index (χ1n) is 10.3. The number of amides is 2. The molecule has 2 amide bonds. The van der Waals surface area contributed by atoms with E-state index in [1.807, 2.05) is 23.2 Å². The summed E-state index contributed by atoms with van der Waals surface area (Å²) in [6.45, 7) is 1.74. The lowest BCUT2D eigenvalue weighted by Gasteiger charge is -2.31. The Kier molecular flexibility index (Phi) is 6.53. The number of hydrogen-bond acceptors (Lipinski definition) is 5. The molecule has 3 atom stereocenters. The molecule has 2 fully saturated rings. The van der Waals surface area contributed by atoms with Gasteiger partial charge in [0, 0.05) is 41.9 Å². The van der Waals surface area contributed by atoms with E-state index < -0.39 is 12.1 Å². The minimum absolute atomic E-state index is 0.0361. The average Bonchev–Trinajstić information content (AvgIpc) is 3.52. The summed E-state index contributed by atoms with van der Waals surface area (Å²) in [4.78, 5) is 31.9. The molecular formula is C22H26BrN3O4. The van der Waals surface area contributed by atoms with Gasteiger partial charge in [0.2, 0.25) is 5.91 Å². The summed E-state index contributed by atoms with van der Waals surface area (Å²) in [5.41, 5.74) is 3.31. The van der Waals surface area contributed by atoms with E-state index in [-0.39, 0.29) is 17.9 Å². The van der Waals surface area contributed by atoms with Crippen LogP contribution in [0.3, 0.4) is 0 Å². The van der Waals surface area contributed by atoms with E-state index in [2.05, 4.69) is 38.4 Å². The molecule has 0 spiro atoms. The van der Waals surface area contributed by atoms with Crippen LogP contribution in [0.4, 0.5) is 4.79 Å². The molecule has 30 heavy (non-hydrogen) atoms. The molecule has 160 valence electrons. The van der Waals surface area contributed by atoms with E-state index in [1.54, 1.807) is 0 Å². The molecule has 2 unspecified atom stereocenters. The van der Waals surface area contributed by atoms with Crippen molar-refractivity contribution in [1.82, 2.24) is 10.2 Å². The van der Waals surface area contributed by atoms with Crippen LogP contribution < -0.4 is 5.32 Å². The third-order valence-corrected chi connectivity index (χ3v) is 6.58. The van der Waals surface area contributed by atoms with Gasteiger partial charge in [-0.15, -0.1) is 0 Å². The number of likely N-dealkylation sites (tertiary alicyclic amines) is 1. The van der Waals surface area contributed by atoms with Crippen LogP contribution in [0.2, 0.25) is 0 Å². The zero-order valence-corrected chi connectivity index (χ0v) is 18.6. The molecule has 3 aliphatic heterocycles. The molecule has 1 N–H and O–H groups in total. The number of nitrogens with zero attached hydrogens (tertiary/aromatic N) is 2. The highest BCUT2D eigenvalue weighted by atomic mass is 79.9. The summed E-state index contributed by atoms with van der Waals surface area (Å²) in [7, 11) is 1.31. The maximum Gasteiger partial charge on any atom is 0.407 e. The normalized spacial score (nSPS) is 24.4. The fourth-order valence-corrected chi connectivity index (χ4v) is 4.69. The predicted octanol–water partition coefficient (Wildman–Crippen LogP) is 3.39. The minimum Gasteiger partial charge on any atom is -0.453 e. The van der Waals surface area contributed by atoms with E-state index in [1.165, 1.54) is 7.11 Å². The van der Waals surface area contributed by atoms with Crippen LogP contribution in [-0.2, 0) is 14.3 Å². The molecule has 1 aromatic carbocycles. The van der Waals surface area contributed by atoms with Gasteiger partial charge in [-0.05, 0) is 42.5 Å². The van der Waals surface area contributed by atoms with Crippen molar-refractivity contribution < 1.29 is 19.1 Å². The SMILES string of the molecule is COC(=O)NC(C(=O)N1CCC[C@H]1C1=NC=C(c2ccc(Br)cc2)C1)C1CCOC1. The van der Waals surface area contributed by atoms with Crippen molar-refractivity contribution in [3.05, 3.63) is 40.5 Å². The van der Waals surface area contributed by atoms with Crippen LogP contribution in [0.5, 0.6) is 0 Å². The minimum atomic E-state index is -0.638. The predicted molar refractivity (Wildman–Crippen MR) is 117 cm³/mol. The van der Waals surface area contributed by atoms with E-state index in [4.69, 9.17) is 9.47 Å². The maximum absolute atomic E-state index is 13.5. The van der Waals surface area contributed by atoms with Crippen molar-refractivity contribution in [2.24, 2.45) is 10.9 Å². The van der Waals surface area contributed by atoms with Gasteiger partial charge >= 0.3 is 6.09 Å². The smallest absolute Gasteiger partial charge is 0.407 e. The summed E-state index contributed by atoms with van der Waals surface area (Å²) >= 11 is 3.47. The lowest BCUT2D eigenvalue weighted by Crippen LogP contribution is -2.54. The number of carbonyl (C=O) groups is 2. The molecule has 2 saturated heterocycles. The monoisotopic (exact) mass is 475 g/mol. The zero-order valence-electron chi connectivity index (χ0n) is 17.0. The van der Waals surface area contributed by atoms with Crippen molar-refractivity contribution in [3.63, 3.8) is 0 Å². The Morgan fingerprint density at radius 1 is 1.30 bits per heavy atom. The molecule has 7 nitrogen and oxygen atoms in total. The Labute approximate surface area is 184 Å². The average molecular weight is 476 g/mol. The van der Waals surface area contributed by atoms with Gasteiger partial charge in [0.15, 0.2) is 0 Å². The Balaban J connectivity index is 1.46. The number of hydrogen-bond donors (Lipinski definition) is 1. The number of halogens is 1. The topological polar surface area (TPSA) is 80.2 Å². The third kappa shape index (κ3) is 4.44. The first-order valence-corrected chi connectivity index (χ1v) is 11.1. The molecule has 3 heterocycles. The van der Waals surface area contributed by atoms with Gasteiger partial charge < -0.3 is 19.7 Å². The molecule has 8 heteroatoms. The van der Waals surface area contributed by atoms with Gasteiger partial charge in [-0.2, -0.15) is 0 Å². The number of methoxy groups -OCH3 is 1. The first kappa shape index (κ1) is 21.1. The summed E-state index contributed by atoms with van der Waals surface area (Å²) in [5.74, 6) is -0.113. The Morgan fingerprint density at radius 2 is 2.10 bits per heavy atom. The van der Waals surface area contributed by atoms with Crippen LogP contribution in [0, 0.1) is 5.92 Å². The third-order valence-electron chi connectivity index (χ3n) is 6.05. The highest BCUT2D eigenvalue weighted by molar-refractivity contribution is 9.10. The summed E-state index contributed by atoms with van der Waals surface area (Å²) in [5, 5.41) is 2.75. The van der Waals surface area contributed by atoms with Gasteiger partial charge in [0.05, 0.1) is 19.8 Å². The number of carbonyl (C=O) groups excluding carboxylic acids is 2. The molecular weight excluding hydrogens is 450 g/mol. The number of aliphatic imine (C=N–C) groups is 1. The van der Waals surface area contributed by atoms with Crippen LogP contribution >= 0.6 is 15.9 Å². The molecule has 0 aromatic heterocycles. The standard InChI is InChI=1S/C22H26BrN3O4/c1-29-22(28)25-20(15-8-10-30-13-15)21(27)26-9-2-3-19(26)18-11-16(12-24-18)14-4-6-17(23)7-5-14/h4-7,12,15,19-20H,2-3,8-11,13H2,1H3,(H,25,28)/t15?,19-,20?/m0/s1. The summed E-state index contributed by atoms with van der Waals surface area (Å²) in [6, 6.07) is 7.51. The van der Waals surface area contributed by atoms with Gasteiger partial charge in [0.1, 0.15) is 6.04 Å². The van der Waals surface area contributed by atoms with Crippen LogP contribution in [-0.4, -0.2) is 61.6 Å². The van der Waals surface area contributed by atoms with Crippen LogP contribution in [0.25, 0.3) is 5.57 Å². The van der Waals surface area contributed by atoms with Crippen molar-refractivity contribution >= 4 is 39.2 Å². The molecule has 0 radical (unpaired) electrons. The zero-order chi connectivity index (χ0) is 21.1. The highest BCUT2D eigenvalue weighted by Crippen LogP contribution is 2.31. The number of allylic oxidation sites excluding steroid dienone is 1. The van der Waals surface area contributed by atoms with E-state index >= 15 is 0 Å². The lowest BCUT2D eigenvalue weighted by atomic mass is 9.95. The van der Waals surface area contributed by atoms with Gasteiger partial charge in [-0.1, -0.05) is 28.1 Å². The number of nitrogens with one attached hydrogen (secondary N) is 1. The van der Waals surface area contributed by atoms with E-state index in [9.17, 15) is 9.59 Å². The van der Waals surface area contributed by atoms with Crippen molar-refractivity contribution in [2.75, 3.05) is 26.9 Å².